The second kappa shape index (κ2) is 6.54. The van der Waals surface area contributed by atoms with Crippen LogP contribution in [0.5, 0.6) is 0 Å². The van der Waals surface area contributed by atoms with Crippen molar-refractivity contribution in [1.29, 1.82) is 0 Å². The maximum Gasteiger partial charge on any atom is 0.276 e. The zero-order valence-corrected chi connectivity index (χ0v) is 13.1. The number of nitrogens with one attached hydrogen (secondary N) is 1. The van der Waals surface area contributed by atoms with Crippen molar-refractivity contribution in [3.05, 3.63) is 17.9 Å². The first-order valence-corrected chi connectivity index (χ1v) is 7.98. The molecule has 19 heavy (non-hydrogen) atoms. The zero-order chi connectivity index (χ0) is 14.6. The van der Waals surface area contributed by atoms with Crippen LogP contribution < -0.4 is 5.32 Å². The molecule has 0 aliphatic carbocycles. The Labute approximate surface area is 116 Å². The summed E-state index contributed by atoms with van der Waals surface area (Å²) in [7, 11) is -1.77. The zero-order valence-electron chi connectivity index (χ0n) is 12.3. The number of furan rings is 1. The highest BCUT2D eigenvalue weighted by Gasteiger charge is 2.30. The molecule has 0 aromatic carbocycles. The second-order valence-electron chi connectivity index (χ2n) is 5.31. The van der Waals surface area contributed by atoms with Gasteiger partial charge < -0.3 is 9.73 Å². The third-order valence-electron chi connectivity index (χ3n) is 2.67. The molecule has 0 fully saturated rings. The number of nitrogens with zero attached hydrogens (tertiary/aromatic N) is 1. The number of hydrogen-bond donors (Lipinski definition) is 1. The molecule has 0 aliphatic heterocycles. The van der Waals surface area contributed by atoms with Gasteiger partial charge in [0.25, 0.3) is 10.0 Å². The van der Waals surface area contributed by atoms with Crippen LogP contribution in [0.1, 0.15) is 33.5 Å². The van der Waals surface area contributed by atoms with Gasteiger partial charge in [-0.3, -0.25) is 0 Å². The van der Waals surface area contributed by atoms with Gasteiger partial charge in [-0.15, -0.1) is 0 Å². The van der Waals surface area contributed by atoms with Crippen LogP contribution in [0.4, 0.5) is 0 Å². The van der Waals surface area contributed by atoms with Gasteiger partial charge in [0.1, 0.15) is 5.76 Å². The van der Waals surface area contributed by atoms with E-state index in [1.165, 1.54) is 10.4 Å². The molecule has 110 valence electrons. The van der Waals surface area contributed by atoms with Crippen molar-refractivity contribution in [3.63, 3.8) is 0 Å². The summed E-state index contributed by atoms with van der Waals surface area (Å²) in [6, 6.07) is 3.12. The molecule has 1 rings (SSSR count). The average molecular weight is 288 g/mol. The first-order valence-electron chi connectivity index (χ1n) is 6.54. The standard InChI is InChI=1S/C13H24N2O3S/c1-10(2)9-15(11(3)4)19(16,17)13-7-6-12(18-13)8-14-5/h6-7,10-11,14H,8-9H2,1-5H3. The first-order chi connectivity index (χ1) is 8.78. The third kappa shape index (κ3) is 4.06. The maximum absolute atomic E-state index is 12.5. The van der Waals surface area contributed by atoms with Crippen molar-refractivity contribution < 1.29 is 12.8 Å². The lowest BCUT2D eigenvalue weighted by Crippen LogP contribution is -2.39. The molecule has 0 spiro atoms. The molecule has 1 aromatic rings. The predicted octanol–water partition coefficient (Wildman–Crippen LogP) is 2.05. The molecule has 6 heteroatoms. The van der Waals surface area contributed by atoms with E-state index in [0.717, 1.165) is 0 Å². The minimum atomic E-state index is -3.55. The van der Waals surface area contributed by atoms with Gasteiger partial charge in [0.05, 0.1) is 6.54 Å². The smallest absolute Gasteiger partial charge is 0.276 e. The van der Waals surface area contributed by atoms with Crippen LogP contribution in [-0.2, 0) is 16.6 Å². The van der Waals surface area contributed by atoms with Crippen LogP contribution >= 0.6 is 0 Å². The maximum atomic E-state index is 12.5. The van der Waals surface area contributed by atoms with Crippen LogP contribution in [0.3, 0.4) is 0 Å². The summed E-state index contributed by atoms with van der Waals surface area (Å²) in [6.45, 7) is 8.75. The second-order valence-corrected chi connectivity index (χ2v) is 7.13. The molecule has 1 heterocycles. The summed E-state index contributed by atoms with van der Waals surface area (Å²) in [6.07, 6.45) is 0. The summed E-state index contributed by atoms with van der Waals surface area (Å²) in [4.78, 5) is 0. The predicted molar refractivity (Wildman–Crippen MR) is 75.3 cm³/mol. The van der Waals surface area contributed by atoms with Crippen molar-refractivity contribution in [2.45, 2.75) is 45.4 Å². The van der Waals surface area contributed by atoms with E-state index in [2.05, 4.69) is 5.32 Å². The molecule has 1 aromatic heterocycles. The van der Waals surface area contributed by atoms with E-state index in [0.29, 0.717) is 18.8 Å². The van der Waals surface area contributed by atoms with E-state index < -0.39 is 10.0 Å². The molecule has 0 atom stereocenters. The fraction of sp³-hybridized carbons (Fsp3) is 0.692. The van der Waals surface area contributed by atoms with E-state index in [4.69, 9.17) is 4.42 Å². The minimum absolute atomic E-state index is 0.0205. The highest BCUT2D eigenvalue weighted by atomic mass is 32.2. The highest BCUT2D eigenvalue weighted by molar-refractivity contribution is 7.89. The minimum Gasteiger partial charge on any atom is -0.447 e. The molecule has 0 amide bonds. The Balaban J connectivity index is 3.04. The Morgan fingerprint density at radius 3 is 2.37 bits per heavy atom. The summed E-state index contributed by atoms with van der Waals surface area (Å²) < 4.78 is 32.0. The van der Waals surface area contributed by atoms with E-state index >= 15 is 0 Å². The van der Waals surface area contributed by atoms with Crippen molar-refractivity contribution >= 4 is 10.0 Å². The molecule has 1 N–H and O–H groups in total. The summed E-state index contributed by atoms with van der Waals surface area (Å²) in [5, 5.41) is 2.95. The molecular formula is C13H24N2O3S. The Morgan fingerprint density at radius 2 is 1.89 bits per heavy atom. The van der Waals surface area contributed by atoms with E-state index in [9.17, 15) is 8.42 Å². The van der Waals surface area contributed by atoms with Gasteiger partial charge in [-0.1, -0.05) is 13.8 Å². The molecule has 0 aliphatic rings. The van der Waals surface area contributed by atoms with Crippen molar-refractivity contribution in [3.8, 4) is 0 Å². The van der Waals surface area contributed by atoms with Gasteiger partial charge in [-0.25, -0.2) is 8.42 Å². The van der Waals surface area contributed by atoms with Crippen molar-refractivity contribution in [2.75, 3.05) is 13.6 Å². The van der Waals surface area contributed by atoms with Crippen molar-refractivity contribution in [2.24, 2.45) is 5.92 Å². The topological polar surface area (TPSA) is 62.6 Å². The first kappa shape index (κ1) is 16.2. The summed E-state index contributed by atoms with van der Waals surface area (Å²) >= 11 is 0. The number of hydrogen-bond acceptors (Lipinski definition) is 4. The number of sulfonamides is 1. The summed E-state index contributed by atoms with van der Waals surface area (Å²) in [5.41, 5.74) is 0. The number of rotatable bonds is 7. The Morgan fingerprint density at radius 1 is 1.26 bits per heavy atom. The third-order valence-corrected chi connectivity index (χ3v) is 4.59. The van der Waals surface area contributed by atoms with Crippen LogP contribution in [0.2, 0.25) is 0 Å². The van der Waals surface area contributed by atoms with Crippen LogP contribution in [0.25, 0.3) is 0 Å². The van der Waals surface area contributed by atoms with Crippen LogP contribution in [0.15, 0.2) is 21.6 Å². The van der Waals surface area contributed by atoms with Crippen LogP contribution in [-0.4, -0.2) is 32.4 Å². The fourth-order valence-corrected chi connectivity index (χ4v) is 3.56. The van der Waals surface area contributed by atoms with Gasteiger partial charge in [0.15, 0.2) is 0 Å². The van der Waals surface area contributed by atoms with Gasteiger partial charge in [-0.05, 0) is 38.9 Å². The van der Waals surface area contributed by atoms with Gasteiger partial charge in [0.2, 0.25) is 5.09 Å². The van der Waals surface area contributed by atoms with Crippen LogP contribution in [0, 0.1) is 5.92 Å². The monoisotopic (exact) mass is 288 g/mol. The lowest BCUT2D eigenvalue weighted by Gasteiger charge is -2.26. The average Bonchev–Trinajstić information content (AvgIpc) is 2.75. The van der Waals surface area contributed by atoms with Gasteiger partial charge in [-0.2, -0.15) is 4.31 Å². The normalized spacial score (nSPS) is 12.8. The Bertz CT molecular complexity index is 492. The van der Waals surface area contributed by atoms with Gasteiger partial charge >= 0.3 is 0 Å². The van der Waals surface area contributed by atoms with Crippen molar-refractivity contribution in [1.82, 2.24) is 9.62 Å². The molecule has 0 bridgehead atoms. The van der Waals surface area contributed by atoms with E-state index in [-0.39, 0.29) is 17.1 Å². The van der Waals surface area contributed by atoms with Gasteiger partial charge in [0, 0.05) is 12.6 Å². The quantitative estimate of drug-likeness (QED) is 0.834. The molecule has 0 saturated heterocycles. The lowest BCUT2D eigenvalue weighted by molar-refractivity contribution is 0.304. The summed E-state index contributed by atoms with van der Waals surface area (Å²) in [5.74, 6) is 0.887. The van der Waals surface area contributed by atoms with E-state index in [1.54, 1.807) is 13.1 Å². The molecular weight excluding hydrogens is 264 g/mol. The molecule has 0 saturated carbocycles. The Kier molecular flexibility index (Phi) is 5.58. The molecule has 0 radical (unpaired) electrons. The lowest BCUT2D eigenvalue weighted by atomic mass is 10.2. The molecule has 0 unspecified atom stereocenters. The highest BCUT2D eigenvalue weighted by Crippen LogP contribution is 2.22. The van der Waals surface area contributed by atoms with E-state index in [1.807, 2.05) is 27.7 Å². The Hall–Kier alpha value is -0.850. The SMILES string of the molecule is CNCc1ccc(S(=O)(=O)N(CC(C)C)C(C)C)o1. The fourth-order valence-electron chi connectivity index (χ4n) is 1.83. The largest absolute Gasteiger partial charge is 0.447 e. The molecule has 5 nitrogen and oxygen atoms in total.